The lowest BCUT2D eigenvalue weighted by atomic mass is 10.0. The Labute approximate surface area is 85.7 Å². The highest BCUT2D eigenvalue weighted by Gasteiger charge is 2.18. The van der Waals surface area contributed by atoms with Gasteiger partial charge in [0, 0.05) is 13.6 Å². The van der Waals surface area contributed by atoms with Crippen LogP contribution in [-0.2, 0) is 4.79 Å². The number of rotatable bonds is 5. The SMILES string of the molecule is CC(C)CC(N)C(=O)N(C)CCC#N. The number of nitrogens with zero attached hydrogens (tertiary/aromatic N) is 2. The van der Waals surface area contributed by atoms with Crippen molar-refractivity contribution in [2.45, 2.75) is 32.7 Å². The third kappa shape index (κ3) is 4.83. The van der Waals surface area contributed by atoms with Crippen LogP contribution < -0.4 is 5.73 Å². The molecule has 0 aliphatic heterocycles. The summed E-state index contributed by atoms with van der Waals surface area (Å²) in [7, 11) is 1.68. The van der Waals surface area contributed by atoms with Crippen molar-refractivity contribution < 1.29 is 4.79 Å². The molecule has 0 spiro atoms. The van der Waals surface area contributed by atoms with E-state index in [9.17, 15) is 4.79 Å². The van der Waals surface area contributed by atoms with Crippen LogP contribution in [0, 0.1) is 17.2 Å². The summed E-state index contributed by atoms with van der Waals surface area (Å²) in [6.45, 7) is 4.52. The molecule has 1 amide bonds. The van der Waals surface area contributed by atoms with E-state index >= 15 is 0 Å². The minimum Gasteiger partial charge on any atom is -0.343 e. The van der Waals surface area contributed by atoms with Crippen molar-refractivity contribution in [1.82, 2.24) is 4.90 Å². The van der Waals surface area contributed by atoms with Gasteiger partial charge in [-0.25, -0.2) is 0 Å². The van der Waals surface area contributed by atoms with Gasteiger partial charge in [-0.3, -0.25) is 4.79 Å². The van der Waals surface area contributed by atoms with Crippen LogP contribution in [0.2, 0.25) is 0 Å². The van der Waals surface area contributed by atoms with E-state index in [1.165, 1.54) is 4.90 Å². The van der Waals surface area contributed by atoms with Gasteiger partial charge in [-0.1, -0.05) is 13.8 Å². The average molecular weight is 197 g/mol. The van der Waals surface area contributed by atoms with Crippen LogP contribution in [0.3, 0.4) is 0 Å². The van der Waals surface area contributed by atoms with Crippen LogP contribution in [0.5, 0.6) is 0 Å². The van der Waals surface area contributed by atoms with Crippen molar-refractivity contribution in [2.75, 3.05) is 13.6 Å². The van der Waals surface area contributed by atoms with Gasteiger partial charge in [0.05, 0.1) is 18.5 Å². The van der Waals surface area contributed by atoms with E-state index in [2.05, 4.69) is 0 Å². The third-order valence-electron chi connectivity index (χ3n) is 1.98. The van der Waals surface area contributed by atoms with Crippen LogP contribution in [0.1, 0.15) is 26.7 Å². The number of carbonyl (C=O) groups is 1. The number of nitrogens with two attached hydrogens (primary N) is 1. The molecular formula is C10H19N3O. The van der Waals surface area contributed by atoms with Crippen molar-refractivity contribution >= 4 is 5.91 Å². The van der Waals surface area contributed by atoms with Gasteiger partial charge in [-0.05, 0) is 12.3 Å². The monoisotopic (exact) mass is 197 g/mol. The topological polar surface area (TPSA) is 70.1 Å². The van der Waals surface area contributed by atoms with Crippen LogP contribution in [0.4, 0.5) is 0 Å². The molecule has 80 valence electrons. The van der Waals surface area contributed by atoms with Crippen LogP contribution >= 0.6 is 0 Å². The molecule has 14 heavy (non-hydrogen) atoms. The minimum absolute atomic E-state index is 0.0750. The molecule has 1 atom stereocenters. The molecule has 4 heteroatoms. The van der Waals surface area contributed by atoms with E-state index < -0.39 is 6.04 Å². The van der Waals surface area contributed by atoms with Gasteiger partial charge in [0.15, 0.2) is 0 Å². The molecule has 0 saturated heterocycles. The van der Waals surface area contributed by atoms with E-state index in [0.717, 1.165) is 0 Å². The Morgan fingerprint density at radius 2 is 2.14 bits per heavy atom. The maximum absolute atomic E-state index is 11.6. The highest BCUT2D eigenvalue weighted by atomic mass is 16.2. The predicted molar refractivity (Wildman–Crippen MR) is 55.3 cm³/mol. The molecule has 4 nitrogen and oxygen atoms in total. The second-order valence-corrected chi connectivity index (χ2v) is 3.90. The zero-order chi connectivity index (χ0) is 11.1. The molecular weight excluding hydrogens is 178 g/mol. The molecule has 0 aliphatic rings. The van der Waals surface area contributed by atoms with E-state index in [-0.39, 0.29) is 5.91 Å². The van der Waals surface area contributed by atoms with E-state index in [1.807, 2.05) is 19.9 Å². The number of hydrogen-bond donors (Lipinski definition) is 1. The molecule has 0 fully saturated rings. The van der Waals surface area contributed by atoms with Gasteiger partial charge < -0.3 is 10.6 Å². The lowest BCUT2D eigenvalue weighted by Crippen LogP contribution is -2.42. The molecule has 1 unspecified atom stereocenters. The second kappa shape index (κ2) is 6.39. The Kier molecular flexibility index (Phi) is 5.89. The zero-order valence-electron chi connectivity index (χ0n) is 9.16. The molecule has 0 heterocycles. The molecule has 0 bridgehead atoms. The fourth-order valence-electron chi connectivity index (χ4n) is 1.22. The van der Waals surface area contributed by atoms with E-state index in [0.29, 0.717) is 25.3 Å². The minimum atomic E-state index is -0.432. The smallest absolute Gasteiger partial charge is 0.239 e. The summed E-state index contributed by atoms with van der Waals surface area (Å²) in [6, 6.07) is 1.57. The summed E-state index contributed by atoms with van der Waals surface area (Å²) in [5.41, 5.74) is 5.72. The maximum atomic E-state index is 11.6. The number of carbonyl (C=O) groups excluding carboxylic acids is 1. The molecule has 0 aromatic carbocycles. The summed E-state index contributed by atoms with van der Waals surface area (Å²) >= 11 is 0. The molecule has 0 aromatic heterocycles. The highest BCUT2D eigenvalue weighted by molar-refractivity contribution is 5.81. The Morgan fingerprint density at radius 3 is 2.57 bits per heavy atom. The Hall–Kier alpha value is -1.08. The number of hydrogen-bond acceptors (Lipinski definition) is 3. The van der Waals surface area contributed by atoms with Crippen molar-refractivity contribution in [3.63, 3.8) is 0 Å². The predicted octanol–water partition coefficient (Wildman–Crippen LogP) is 0.732. The van der Waals surface area contributed by atoms with Gasteiger partial charge in [0.1, 0.15) is 0 Å². The largest absolute Gasteiger partial charge is 0.343 e. The lowest BCUT2D eigenvalue weighted by molar-refractivity contribution is -0.131. The normalized spacial score (nSPS) is 12.3. The van der Waals surface area contributed by atoms with Gasteiger partial charge in [0.2, 0.25) is 5.91 Å². The van der Waals surface area contributed by atoms with Gasteiger partial charge in [-0.2, -0.15) is 5.26 Å². The average Bonchev–Trinajstić information content (AvgIpc) is 2.11. The molecule has 2 N–H and O–H groups in total. The summed E-state index contributed by atoms with van der Waals surface area (Å²) < 4.78 is 0. The molecule has 0 saturated carbocycles. The summed E-state index contributed by atoms with van der Waals surface area (Å²) in [4.78, 5) is 13.1. The first-order valence-electron chi connectivity index (χ1n) is 4.86. The van der Waals surface area contributed by atoms with Crippen LogP contribution in [-0.4, -0.2) is 30.4 Å². The third-order valence-corrected chi connectivity index (χ3v) is 1.98. The van der Waals surface area contributed by atoms with Crippen molar-refractivity contribution in [2.24, 2.45) is 11.7 Å². The van der Waals surface area contributed by atoms with Crippen molar-refractivity contribution in [3.8, 4) is 6.07 Å². The maximum Gasteiger partial charge on any atom is 0.239 e. The number of amides is 1. The first-order valence-corrected chi connectivity index (χ1v) is 4.86. The highest BCUT2D eigenvalue weighted by Crippen LogP contribution is 2.05. The van der Waals surface area contributed by atoms with Crippen molar-refractivity contribution in [3.05, 3.63) is 0 Å². The fraction of sp³-hybridized carbons (Fsp3) is 0.800. The Morgan fingerprint density at radius 1 is 1.57 bits per heavy atom. The summed E-state index contributed by atoms with van der Waals surface area (Å²) in [6.07, 6.45) is 1.05. The number of nitriles is 1. The Balaban J connectivity index is 3.98. The summed E-state index contributed by atoms with van der Waals surface area (Å²) in [5, 5.41) is 8.36. The van der Waals surface area contributed by atoms with E-state index in [1.54, 1.807) is 7.05 Å². The van der Waals surface area contributed by atoms with Gasteiger partial charge in [0.25, 0.3) is 0 Å². The standard InChI is InChI=1S/C10H19N3O/c1-8(2)7-9(12)10(14)13(3)6-4-5-11/h8-9H,4,6-7,12H2,1-3H3. The number of likely N-dealkylation sites (N-methyl/N-ethyl adjacent to an activating group) is 1. The Bertz CT molecular complexity index is 220. The van der Waals surface area contributed by atoms with Gasteiger partial charge in [-0.15, -0.1) is 0 Å². The fourth-order valence-corrected chi connectivity index (χ4v) is 1.22. The molecule has 0 radical (unpaired) electrons. The van der Waals surface area contributed by atoms with Crippen LogP contribution in [0.15, 0.2) is 0 Å². The van der Waals surface area contributed by atoms with Crippen molar-refractivity contribution in [1.29, 1.82) is 5.26 Å². The van der Waals surface area contributed by atoms with Crippen LogP contribution in [0.25, 0.3) is 0 Å². The first kappa shape index (κ1) is 12.9. The van der Waals surface area contributed by atoms with E-state index in [4.69, 9.17) is 11.0 Å². The molecule has 0 rings (SSSR count). The summed E-state index contributed by atoms with van der Waals surface area (Å²) in [5.74, 6) is 0.340. The second-order valence-electron chi connectivity index (χ2n) is 3.90. The zero-order valence-corrected chi connectivity index (χ0v) is 9.16. The lowest BCUT2D eigenvalue weighted by Gasteiger charge is -2.21. The first-order chi connectivity index (χ1) is 6.49. The van der Waals surface area contributed by atoms with Gasteiger partial charge >= 0.3 is 0 Å². The molecule has 0 aliphatic carbocycles. The quantitative estimate of drug-likeness (QED) is 0.706. The molecule has 0 aromatic rings.